The molecule has 1 atom stereocenters. The van der Waals surface area contributed by atoms with E-state index >= 15 is 0 Å². The summed E-state index contributed by atoms with van der Waals surface area (Å²) in [5, 5.41) is 0. The van der Waals surface area contributed by atoms with Crippen molar-refractivity contribution in [1.29, 1.82) is 0 Å². The second-order valence-electron chi connectivity index (χ2n) is 4.68. The summed E-state index contributed by atoms with van der Waals surface area (Å²) in [7, 11) is -3.07. The van der Waals surface area contributed by atoms with Crippen molar-refractivity contribution in [2.24, 2.45) is 0 Å². The Morgan fingerprint density at radius 1 is 1.41 bits per heavy atom. The molecule has 0 aliphatic rings. The quantitative estimate of drug-likeness (QED) is 0.494. The number of hydrogen-bond acceptors (Lipinski definition) is 4. The Morgan fingerprint density at radius 2 is 2.00 bits per heavy atom. The number of rotatable bonds is 5. The van der Waals surface area contributed by atoms with Gasteiger partial charge in [0.1, 0.15) is 13.6 Å². The molecular formula is C12H14BF3O5S. The van der Waals surface area contributed by atoms with E-state index in [0.29, 0.717) is 11.9 Å². The van der Waals surface area contributed by atoms with Crippen LogP contribution in [0, 0.1) is 6.92 Å². The average molecular weight is 338 g/mol. The molecule has 0 heterocycles. The highest BCUT2D eigenvalue weighted by molar-refractivity contribution is 7.85. The molecule has 0 fully saturated rings. The summed E-state index contributed by atoms with van der Waals surface area (Å²) >= 11 is 0. The normalized spacial score (nSPS) is 13.7. The van der Waals surface area contributed by atoms with E-state index in [0.717, 1.165) is 5.56 Å². The Bertz CT molecular complexity index is 657. The van der Waals surface area contributed by atoms with Gasteiger partial charge in [-0.15, -0.1) is 0 Å². The lowest BCUT2D eigenvalue weighted by Gasteiger charge is -2.19. The van der Waals surface area contributed by atoms with Crippen LogP contribution in [0.3, 0.4) is 0 Å². The molecule has 1 unspecified atom stereocenters. The van der Waals surface area contributed by atoms with Crippen LogP contribution >= 0.6 is 0 Å². The molecule has 122 valence electrons. The number of benzene rings is 1. The summed E-state index contributed by atoms with van der Waals surface area (Å²) in [5.41, 5.74) is 1.50. The van der Waals surface area contributed by atoms with Crippen molar-refractivity contribution in [2.45, 2.75) is 25.5 Å². The largest absolute Gasteiger partial charge is 0.448 e. The number of halogens is 3. The fraction of sp³-hybridized carbons (Fsp3) is 0.417. The molecule has 0 aliphatic carbocycles. The fourth-order valence-electron chi connectivity index (χ4n) is 1.80. The zero-order valence-electron chi connectivity index (χ0n) is 11.8. The maximum Gasteiger partial charge on any atom is 0.426 e. The molecule has 0 radical (unpaired) electrons. The molecule has 5 nitrogen and oxygen atoms in total. The smallest absolute Gasteiger partial charge is 0.426 e. The van der Waals surface area contributed by atoms with Gasteiger partial charge in [0.25, 0.3) is 10.1 Å². The zero-order valence-corrected chi connectivity index (χ0v) is 12.7. The van der Waals surface area contributed by atoms with Gasteiger partial charge in [-0.3, -0.25) is 4.55 Å². The van der Waals surface area contributed by atoms with Gasteiger partial charge in [-0.25, -0.2) is 4.79 Å². The van der Waals surface area contributed by atoms with Gasteiger partial charge in [-0.1, -0.05) is 17.9 Å². The SMILES string of the molecule is BCc1ccc(C(=O)OC(CS(=O)(=O)O)C(F)(F)F)cc1C. The standard InChI is InChI=1S/C12H14BF3O5S/c1-7-4-8(2-3-9(7)5-13)11(17)21-10(12(14,15)16)6-22(18,19)20/h2-4,10H,5-6,13H2,1H3,(H,18,19,20). The Hall–Kier alpha value is -1.55. The van der Waals surface area contributed by atoms with Crippen LogP contribution in [0.5, 0.6) is 0 Å². The van der Waals surface area contributed by atoms with Crippen LogP contribution in [0.4, 0.5) is 13.2 Å². The van der Waals surface area contributed by atoms with Crippen molar-refractivity contribution in [3.8, 4) is 0 Å². The maximum atomic E-state index is 12.7. The van der Waals surface area contributed by atoms with Gasteiger partial charge in [0, 0.05) is 0 Å². The lowest BCUT2D eigenvalue weighted by atomic mass is 9.92. The van der Waals surface area contributed by atoms with E-state index in [-0.39, 0.29) is 5.56 Å². The van der Waals surface area contributed by atoms with Crippen LogP contribution in [0.25, 0.3) is 0 Å². The van der Waals surface area contributed by atoms with E-state index in [9.17, 15) is 26.4 Å². The first-order valence-electron chi connectivity index (χ1n) is 6.26. The van der Waals surface area contributed by atoms with E-state index in [4.69, 9.17) is 4.55 Å². The van der Waals surface area contributed by atoms with Crippen LogP contribution < -0.4 is 0 Å². The van der Waals surface area contributed by atoms with Gasteiger partial charge < -0.3 is 4.74 Å². The van der Waals surface area contributed by atoms with Gasteiger partial charge in [-0.2, -0.15) is 21.6 Å². The van der Waals surface area contributed by atoms with Crippen molar-refractivity contribution in [3.63, 3.8) is 0 Å². The Labute approximate surface area is 126 Å². The van der Waals surface area contributed by atoms with Crippen molar-refractivity contribution >= 4 is 23.9 Å². The molecule has 0 bridgehead atoms. The minimum atomic E-state index is -5.11. The first-order valence-corrected chi connectivity index (χ1v) is 7.87. The molecule has 1 rings (SSSR count). The van der Waals surface area contributed by atoms with Crippen molar-refractivity contribution in [3.05, 3.63) is 34.9 Å². The highest BCUT2D eigenvalue weighted by Crippen LogP contribution is 2.25. The minimum Gasteiger partial charge on any atom is -0.448 e. The summed E-state index contributed by atoms with van der Waals surface area (Å²) in [4.78, 5) is 11.7. The molecule has 0 aromatic heterocycles. The topological polar surface area (TPSA) is 80.7 Å². The van der Waals surface area contributed by atoms with E-state index in [1.165, 1.54) is 12.1 Å². The van der Waals surface area contributed by atoms with Crippen LogP contribution in [-0.4, -0.2) is 44.8 Å². The number of alkyl halides is 3. The molecule has 0 amide bonds. The number of aryl methyl sites for hydroxylation is 1. The first-order chi connectivity index (χ1) is 9.94. The summed E-state index contributed by atoms with van der Waals surface area (Å²) in [6, 6.07) is 4.24. The molecule has 22 heavy (non-hydrogen) atoms. The summed E-state index contributed by atoms with van der Waals surface area (Å²) in [6.07, 6.45) is -7.35. The Morgan fingerprint density at radius 3 is 2.41 bits per heavy atom. The lowest BCUT2D eigenvalue weighted by molar-refractivity contribution is -0.197. The molecule has 0 spiro atoms. The second kappa shape index (κ2) is 6.70. The number of hydrogen-bond donors (Lipinski definition) is 1. The fourth-order valence-corrected chi connectivity index (χ4v) is 2.44. The van der Waals surface area contributed by atoms with Gasteiger partial charge in [0.15, 0.2) is 0 Å². The molecule has 0 saturated heterocycles. The molecule has 0 saturated carbocycles. The highest BCUT2D eigenvalue weighted by atomic mass is 32.2. The highest BCUT2D eigenvalue weighted by Gasteiger charge is 2.45. The monoisotopic (exact) mass is 338 g/mol. The van der Waals surface area contributed by atoms with Crippen LogP contribution in [0.2, 0.25) is 0 Å². The van der Waals surface area contributed by atoms with E-state index in [1.807, 2.05) is 7.85 Å². The molecule has 1 aromatic carbocycles. The predicted molar refractivity (Wildman–Crippen MR) is 75.1 cm³/mol. The molecular weight excluding hydrogens is 324 g/mol. The molecule has 10 heteroatoms. The molecule has 1 N–H and O–H groups in total. The number of esters is 1. The van der Waals surface area contributed by atoms with E-state index in [1.54, 1.807) is 13.0 Å². The lowest BCUT2D eigenvalue weighted by Crippen LogP contribution is -2.39. The third kappa shape index (κ3) is 5.34. The van der Waals surface area contributed by atoms with E-state index < -0.39 is 34.1 Å². The van der Waals surface area contributed by atoms with Gasteiger partial charge in [0.2, 0.25) is 6.10 Å². The Balaban J connectivity index is 2.98. The van der Waals surface area contributed by atoms with Crippen molar-refractivity contribution < 1.29 is 35.7 Å². The third-order valence-corrected chi connectivity index (χ3v) is 3.66. The van der Waals surface area contributed by atoms with Crippen LogP contribution in [0.15, 0.2) is 18.2 Å². The van der Waals surface area contributed by atoms with Crippen LogP contribution in [-0.2, 0) is 21.2 Å². The zero-order chi connectivity index (χ0) is 17.1. The van der Waals surface area contributed by atoms with Crippen LogP contribution in [0.1, 0.15) is 21.5 Å². The molecule has 1 aromatic rings. The van der Waals surface area contributed by atoms with Crippen molar-refractivity contribution in [2.75, 3.05) is 5.75 Å². The van der Waals surface area contributed by atoms with E-state index in [2.05, 4.69) is 4.74 Å². The second-order valence-corrected chi connectivity index (χ2v) is 6.18. The average Bonchev–Trinajstić information content (AvgIpc) is 2.35. The first kappa shape index (κ1) is 18.5. The van der Waals surface area contributed by atoms with Crippen molar-refractivity contribution in [1.82, 2.24) is 0 Å². The number of carbonyl (C=O) groups excluding carboxylic acids is 1. The molecule has 0 aliphatic heterocycles. The minimum absolute atomic E-state index is 0.126. The van der Waals surface area contributed by atoms with Gasteiger partial charge >= 0.3 is 12.1 Å². The van der Waals surface area contributed by atoms with Gasteiger partial charge in [0.05, 0.1) is 5.56 Å². The number of ether oxygens (including phenoxy) is 1. The summed E-state index contributed by atoms with van der Waals surface area (Å²) in [6.45, 7) is 1.69. The number of carbonyl (C=O) groups is 1. The summed E-state index contributed by atoms with van der Waals surface area (Å²) < 4.78 is 72.0. The third-order valence-electron chi connectivity index (χ3n) is 2.94. The summed E-state index contributed by atoms with van der Waals surface area (Å²) in [5.74, 6) is -3.05. The maximum absolute atomic E-state index is 12.7. The van der Waals surface area contributed by atoms with Gasteiger partial charge in [-0.05, 0) is 24.6 Å². The Kier molecular flexibility index (Phi) is 5.63. The predicted octanol–water partition coefficient (Wildman–Crippen LogP) is 1.10.